The van der Waals surface area contributed by atoms with Crippen LogP contribution in [0.3, 0.4) is 0 Å². The number of amides is 1. The SMILES string of the molecule is CCOc1ccc(C(=O)NC(C)COC)cc1COc1ccccc1C(C)(C)C. The van der Waals surface area contributed by atoms with Crippen molar-refractivity contribution in [1.82, 2.24) is 5.32 Å². The minimum atomic E-state index is -0.144. The van der Waals surface area contributed by atoms with Crippen molar-refractivity contribution in [3.63, 3.8) is 0 Å². The van der Waals surface area contributed by atoms with E-state index in [1.165, 1.54) is 0 Å². The van der Waals surface area contributed by atoms with Gasteiger partial charge in [-0.2, -0.15) is 0 Å². The quantitative estimate of drug-likeness (QED) is 0.662. The van der Waals surface area contributed by atoms with Crippen LogP contribution >= 0.6 is 0 Å². The number of hydrogen-bond donors (Lipinski definition) is 1. The minimum absolute atomic E-state index is 0.0292. The van der Waals surface area contributed by atoms with Gasteiger partial charge in [-0.25, -0.2) is 0 Å². The van der Waals surface area contributed by atoms with Gasteiger partial charge in [0.25, 0.3) is 5.91 Å². The lowest BCUT2D eigenvalue weighted by molar-refractivity contribution is 0.0905. The molecule has 0 bridgehead atoms. The van der Waals surface area contributed by atoms with Gasteiger partial charge in [0.1, 0.15) is 18.1 Å². The van der Waals surface area contributed by atoms with Gasteiger partial charge in [-0.1, -0.05) is 39.0 Å². The molecule has 0 spiro atoms. The molecule has 0 aliphatic rings. The van der Waals surface area contributed by atoms with Crippen molar-refractivity contribution in [1.29, 1.82) is 0 Å². The largest absolute Gasteiger partial charge is 0.493 e. The lowest BCUT2D eigenvalue weighted by Crippen LogP contribution is -2.35. The van der Waals surface area contributed by atoms with Crippen LogP contribution in [0.2, 0.25) is 0 Å². The highest BCUT2D eigenvalue weighted by atomic mass is 16.5. The molecular formula is C24H33NO4. The molecule has 0 aromatic heterocycles. The third-order valence-electron chi connectivity index (χ3n) is 4.49. The molecule has 1 atom stereocenters. The third kappa shape index (κ3) is 6.50. The maximum atomic E-state index is 12.6. The van der Waals surface area contributed by atoms with Gasteiger partial charge in [0.2, 0.25) is 0 Å². The van der Waals surface area contributed by atoms with E-state index in [2.05, 4.69) is 32.2 Å². The molecule has 158 valence electrons. The minimum Gasteiger partial charge on any atom is -0.493 e. The molecule has 2 rings (SSSR count). The first-order chi connectivity index (χ1) is 13.8. The molecule has 0 radical (unpaired) electrons. The first kappa shape index (κ1) is 22.8. The zero-order valence-corrected chi connectivity index (χ0v) is 18.4. The van der Waals surface area contributed by atoms with E-state index in [1.54, 1.807) is 13.2 Å². The number of ether oxygens (including phenoxy) is 3. The van der Waals surface area contributed by atoms with E-state index in [0.29, 0.717) is 25.4 Å². The Kier molecular flexibility index (Phi) is 8.09. The normalized spacial score (nSPS) is 12.3. The summed E-state index contributed by atoms with van der Waals surface area (Å²) < 4.78 is 17.0. The summed E-state index contributed by atoms with van der Waals surface area (Å²) in [6, 6.07) is 13.4. The smallest absolute Gasteiger partial charge is 0.251 e. The van der Waals surface area contributed by atoms with Crippen molar-refractivity contribution in [3.05, 3.63) is 59.2 Å². The average Bonchev–Trinajstić information content (AvgIpc) is 2.67. The maximum absolute atomic E-state index is 12.6. The Bertz CT molecular complexity index is 811. The maximum Gasteiger partial charge on any atom is 0.251 e. The summed E-state index contributed by atoms with van der Waals surface area (Å²) in [6.07, 6.45) is 0. The van der Waals surface area contributed by atoms with Gasteiger partial charge in [0, 0.05) is 24.3 Å². The molecule has 1 N–H and O–H groups in total. The number of rotatable bonds is 9. The van der Waals surface area contributed by atoms with E-state index in [-0.39, 0.29) is 17.4 Å². The van der Waals surface area contributed by atoms with Gasteiger partial charge in [-0.15, -0.1) is 0 Å². The van der Waals surface area contributed by atoms with E-state index >= 15 is 0 Å². The molecule has 29 heavy (non-hydrogen) atoms. The summed E-state index contributed by atoms with van der Waals surface area (Å²) >= 11 is 0. The molecular weight excluding hydrogens is 366 g/mol. The van der Waals surface area contributed by atoms with E-state index in [1.807, 2.05) is 44.2 Å². The van der Waals surface area contributed by atoms with Crippen LogP contribution in [0.4, 0.5) is 0 Å². The number of methoxy groups -OCH3 is 1. The number of benzene rings is 2. The molecule has 0 aliphatic heterocycles. The molecule has 0 fully saturated rings. The van der Waals surface area contributed by atoms with Gasteiger partial charge in [-0.05, 0) is 49.1 Å². The fourth-order valence-electron chi connectivity index (χ4n) is 3.10. The van der Waals surface area contributed by atoms with Crippen molar-refractivity contribution < 1.29 is 19.0 Å². The lowest BCUT2D eigenvalue weighted by Gasteiger charge is -2.23. The van der Waals surface area contributed by atoms with Crippen molar-refractivity contribution in [2.75, 3.05) is 20.3 Å². The number of carbonyl (C=O) groups is 1. The highest BCUT2D eigenvalue weighted by Gasteiger charge is 2.19. The van der Waals surface area contributed by atoms with Crippen LogP contribution in [0.15, 0.2) is 42.5 Å². The summed E-state index contributed by atoms with van der Waals surface area (Å²) in [5.41, 5.74) is 2.51. The molecule has 2 aromatic carbocycles. The van der Waals surface area contributed by atoms with E-state index in [4.69, 9.17) is 14.2 Å². The third-order valence-corrected chi connectivity index (χ3v) is 4.49. The van der Waals surface area contributed by atoms with E-state index in [0.717, 1.165) is 22.6 Å². The molecule has 0 saturated carbocycles. The summed E-state index contributed by atoms with van der Waals surface area (Å²) in [5, 5.41) is 2.93. The molecule has 2 aromatic rings. The van der Waals surface area contributed by atoms with Crippen LogP contribution < -0.4 is 14.8 Å². The second kappa shape index (κ2) is 10.3. The monoisotopic (exact) mass is 399 g/mol. The topological polar surface area (TPSA) is 56.8 Å². The van der Waals surface area contributed by atoms with Crippen molar-refractivity contribution in [3.8, 4) is 11.5 Å². The molecule has 5 nitrogen and oxygen atoms in total. The summed E-state index contributed by atoms with van der Waals surface area (Å²) in [7, 11) is 1.62. The van der Waals surface area contributed by atoms with Gasteiger partial charge in [0.05, 0.1) is 13.2 Å². The van der Waals surface area contributed by atoms with Crippen LogP contribution in [0.25, 0.3) is 0 Å². The average molecular weight is 400 g/mol. The summed E-state index contributed by atoms with van der Waals surface area (Å²) in [5.74, 6) is 1.42. The fraction of sp³-hybridized carbons (Fsp3) is 0.458. The predicted molar refractivity (Wildman–Crippen MR) is 116 cm³/mol. The Hall–Kier alpha value is -2.53. The van der Waals surface area contributed by atoms with Crippen LogP contribution in [-0.2, 0) is 16.8 Å². The highest BCUT2D eigenvalue weighted by molar-refractivity contribution is 5.94. The second-order valence-corrected chi connectivity index (χ2v) is 8.12. The van der Waals surface area contributed by atoms with E-state index in [9.17, 15) is 4.79 Å². The van der Waals surface area contributed by atoms with Crippen molar-refractivity contribution in [2.45, 2.75) is 52.7 Å². The Morgan fingerprint density at radius 3 is 2.45 bits per heavy atom. The standard InChI is InChI=1S/C24H33NO4/c1-7-28-21-13-12-18(23(26)25-17(2)15-27-6)14-19(21)16-29-22-11-9-8-10-20(22)24(3,4)5/h8-14,17H,7,15-16H2,1-6H3,(H,25,26). The molecule has 1 amide bonds. The molecule has 0 saturated heterocycles. The first-order valence-electron chi connectivity index (χ1n) is 10.0. The van der Waals surface area contributed by atoms with Gasteiger partial charge in [-0.3, -0.25) is 4.79 Å². The van der Waals surface area contributed by atoms with E-state index < -0.39 is 0 Å². The molecule has 5 heteroatoms. The number of nitrogens with one attached hydrogen (secondary N) is 1. The van der Waals surface area contributed by atoms with Crippen LogP contribution in [0.5, 0.6) is 11.5 Å². The van der Waals surface area contributed by atoms with Gasteiger partial charge >= 0.3 is 0 Å². The number of para-hydroxylation sites is 1. The highest BCUT2D eigenvalue weighted by Crippen LogP contribution is 2.32. The lowest BCUT2D eigenvalue weighted by atomic mass is 9.86. The molecule has 1 unspecified atom stereocenters. The first-order valence-corrected chi connectivity index (χ1v) is 10.0. The summed E-state index contributed by atoms with van der Waals surface area (Å²) in [4.78, 5) is 12.6. The second-order valence-electron chi connectivity index (χ2n) is 8.12. The Balaban J connectivity index is 2.24. The number of carbonyl (C=O) groups excluding carboxylic acids is 1. The summed E-state index contributed by atoms with van der Waals surface area (Å²) in [6.45, 7) is 11.6. The van der Waals surface area contributed by atoms with Crippen LogP contribution in [0.1, 0.15) is 56.1 Å². The van der Waals surface area contributed by atoms with Crippen LogP contribution in [-0.4, -0.2) is 32.3 Å². The Morgan fingerprint density at radius 2 is 1.79 bits per heavy atom. The molecule has 0 heterocycles. The Morgan fingerprint density at radius 1 is 1.07 bits per heavy atom. The number of hydrogen-bond acceptors (Lipinski definition) is 4. The van der Waals surface area contributed by atoms with Crippen molar-refractivity contribution >= 4 is 5.91 Å². The zero-order chi connectivity index (χ0) is 21.4. The van der Waals surface area contributed by atoms with Crippen LogP contribution in [0, 0.1) is 0 Å². The zero-order valence-electron chi connectivity index (χ0n) is 18.4. The van der Waals surface area contributed by atoms with Gasteiger partial charge in [0.15, 0.2) is 0 Å². The predicted octanol–water partition coefficient (Wildman–Crippen LogP) is 4.73. The fourth-order valence-corrected chi connectivity index (χ4v) is 3.10. The molecule has 0 aliphatic carbocycles. The van der Waals surface area contributed by atoms with Gasteiger partial charge < -0.3 is 19.5 Å². The Labute approximate surface area is 174 Å². The van der Waals surface area contributed by atoms with Crippen molar-refractivity contribution in [2.24, 2.45) is 0 Å².